The molecule has 6 heteroatoms. The zero-order valence-corrected chi connectivity index (χ0v) is 13.2. The van der Waals surface area contributed by atoms with Crippen molar-refractivity contribution in [3.8, 4) is 0 Å². The number of carbonyl (C=O) groups excluding carboxylic acids is 1. The third-order valence-electron chi connectivity index (χ3n) is 4.26. The van der Waals surface area contributed by atoms with E-state index in [1.807, 2.05) is 18.7 Å². The molecule has 5 nitrogen and oxygen atoms in total. The molecule has 0 aromatic heterocycles. The Kier molecular flexibility index (Phi) is 6.85. The summed E-state index contributed by atoms with van der Waals surface area (Å²) >= 11 is 5.13. The fourth-order valence-corrected chi connectivity index (χ4v) is 3.13. The Hall–Kier alpha value is -0.720. The highest BCUT2D eigenvalue weighted by Crippen LogP contribution is 2.31. The molecule has 0 saturated carbocycles. The van der Waals surface area contributed by atoms with Crippen LogP contribution in [-0.2, 0) is 9.53 Å². The molecule has 1 saturated heterocycles. The van der Waals surface area contributed by atoms with Crippen LogP contribution in [0.25, 0.3) is 0 Å². The Morgan fingerprint density at radius 3 is 2.35 bits per heavy atom. The minimum absolute atomic E-state index is 0.0371. The van der Waals surface area contributed by atoms with Crippen LogP contribution in [0.3, 0.4) is 0 Å². The minimum Gasteiger partial charge on any atom is -0.394 e. The highest BCUT2D eigenvalue weighted by Gasteiger charge is 2.41. The molecule has 20 heavy (non-hydrogen) atoms. The van der Waals surface area contributed by atoms with Crippen LogP contribution in [0.5, 0.6) is 0 Å². The van der Waals surface area contributed by atoms with Crippen LogP contribution < -0.4 is 5.73 Å². The normalized spacial score (nSPS) is 17.2. The van der Waals surface area contributed by atoms with E-state index in [-0.39, 0.29) is 18.6 Å². The number of hydrogen-bond donors (Lipinski definition) is 2. The van der Waals surface area contributed by atoms with Crippen LogP contribution >= 0.6 is 12.2 Å². The summed E-state index contributed by atoms with van der Waals surface area (Å²) in [5, 5.41) is 8.75. The smallest absolute Gasteiger partial charge is 0.235 e. The zero-order valence-electron chi connectivity index (χ0n) is 12.4. The van der Waals surface area contributed by atoms with Crippen LogP contribution in [-0.4, -0.2) is 53.3 Å². The molecule has 1 aliphatic rings. The van der Waals surface area contributed by atoms with Crippen LogP contribution in [0.2, 0.25) is 0 Å². The van der Waals surface area contributed by atoms with Gasteiger partial charge in [-0.2, -0.15) is 0 Å². The highest BCUT2D eigenvalue weighted by molar-refractivity contribution is 7.80. The van der Waals surface area contributed by atoms with Gasteiger partial charge < -0.3 is 20.5 Å². The summed E-state index contributed by atoms with van der Waals surface area (Å²) in [5.41, 5.74) is 5.12. The summed E-state index contributed by atoms with van der Waals surface area (Å²) in [5.74, 6) is 0.0515. The number of ether oxygens (including phenoxy) is 1. The van der Waals surface area contributed by atoms with Crippen LogP contribution in [0.15, 0.2) is 0 Å². The summed E-state index contributed by atoms with van der Waals surface area (Å²) in [6.07, 6.45) is 3.00. The molecule has 0 aromatic rings. The Morgan fingerprint density at radius 1 is 1.40 bits per heavy atom. The van der Waals surface area contributed by atoms with Gasteiger partial charge in [-0.3, -0.25) is 4.79 Å². The fourth-order valence-electron chi connectivity index (χ4n) is 2.75. The second-order valence-corrected chi connectivity index (χ2v) is 5.68. The molecular formula is C14H26N2O3S. The van der Waals surface area contributed by atoms with Gasteiger partial charge in [-0.1, -0.05) is 26.1 Å². The molecule has 3 N–H and O–H groups in total. The second kappa shape index (κ2) is 7.90. The number of piperidine rings is 1. The first-order valence-electron chi connectivity index (χ1n) is 7.33. The van der Waals surface area contributed by atoms with E-state index < -0.39 is 5.41 Å². The largest absolute Gasteiger partial charge is 0.394 e. The first-order valence-corrected chi connectivity index (χ1v) is 7.74. The summed E-state index contributed by atoms with van der Waals surface area (Å²) in [7, 11) is 0. The molecule has 1 aliphatic heterocycles. The molecule has 0 spiro atoms. The van der Waals surface area contributed by atoms with Gasteiger partial charge in [-0.25, -0.2) is 0 Å². The first kappa shape index (κ1) is 17.3. The lowest BCUT2D eigenvalue weighted by Crippen LogP contribution is -2.52. The lowest BCUT2D eigenvalue weighted by atomic mass is 9.80. The van der Waals surface area contributed by atoms with Gasteiger partial charge in [-0.15, -0.1) is 0 Å². The van der Waals surface area contributed by atoms with Crippen molar-refractivity contribution in [3.05, 3.63) is 0 Å². The van der Waals surface area contributed by atoms with Crippen molar-refractivity contribution in [2.24, 2.45) is 11.1 Å². The Labute approximate surface area is 126 Å². The number of thiocarbonyl (C=S) groups is 1. The molecule has 1 heterocycles. The van der Waals surface area contributed by atoms with E-state index in [0.717, 1.165) is 12.8 Å². The molecule has 116 valence electrons. The predicted octanol–water partition coefficient (Wildman–Crippen LogP) is 1.08. The third-order valence-corrected chi connectivity index (χ3v) is 4.65. The van der Waals surface area contributed by atoms with Crippen LogP contribution in [0, 0.1) is 5.41 Å². The molecule has 1 fully saturated rings. The number of aliphatic hydroxyl groups excluding tert-OH is 1. The topological polar surface area (TPSA) is 75.8 Å². The van der Waals surface area contributed by atoms with Gasteiger partial charge in [0.25, 0.3) is 0 Å². The van der Waals surface area contributed by atoms with Gasteiger partial charge in [0.2, 0.25) is 5.91 Å². The molecule has 0 unspecified atom stereocenters. The molecular weight excluding hydrogens is 276 g/mol. The monoisotopic (exact) mass is 302 g/mol. The van der Waals surface area contributed by atoms with Crippen molar-refractivity contribution in [2.75, 3.05) is 26.3 Å². The number of likely N-dealkylation sites (tertiary alicyclic amines) is 1. The van der Waals surface area contributed by atoms with E-state index >= 15 is 0 Å². The lowest BCUT2D eigenvalue weighted by molar-refractivity contribution is -0.141. The van der Waals surface area contributed by atoms with Crippen molar-refractivity contribution >= 4 is 23.1 Å². The van der Waals surface area contributed by atoms with Gasteiger partial charge in [0.15, 0.2) is 0 Å². The standard InChI is InChI=1S/C14H26N2O3S/c1-3-14(4-2,12(15)20)13(18)16-7-5-11(6-8-16)19-10-9-17/h11,17H,3-10H2,1-2H3,(H2,15,20). The van der Waals surface area contributed by atoms with Crippen molar-refractivity contribution in [2.45, 2.75) is 45.6 Å². The summed E-state index contributed by atoms with van der Waals surface area (Å²) < 4.78 is 5.51. The molecule has 1 amide bonds. The van der Waals surface area contributed by atoms with E-state index in [4.69, 9.17) is 27.8 Å². The van der Waals surface area contributed by atoms with Gasteiger partial charge in [-0.05, 0) is 25.7 Å². The van der Waals surface area contributed by atoms with Gasteiger partial charge in [0.1, 0.15) is 0 Å². The molecule has 1 rings (SSSR count). The van der Waals surface area contributed by atoms with Crippen LogP contribution in [0.1, 0.15) is 39.5 Å². The molecule has 0 aliphatic carbocycles. The van der Waals surface area contributed by atoms with Gasteiger partial charge in [0, 0.05) is 13.1 Å². The summed E-state index contributed by atoms with van der Waals surface area (Å²) in [6, 6.07) is 0. The molecule has 0 bridgehead atoms. The lowest BCUT2D eigenvalue weighted by Gasteiger charge is -2.39. The van der Waals surface area contributed by atoms with Crippen LogP contribution in [0.4, 0.5) is 0 Å². The number of nitrogens with two attached hydrogens (primary N) is 1. The van der Waals surface area contributed by atoms with Crippen molar-refractivity contribution in [3.63, 3.8) is 0 Å². The SMILES string of the molecule is CCC(CC)(C(=O)N1CCC(OCCO)CC1)C(N)=S. The molecule has 0 radical (unpaired) electrons. The minimum atomic E-state index is -0.700. The zero-order chi connectivity index (χ0) is 15.2. The molecule has 0 atom stereocenters. The number of amides is 1. The average molecular weight is 302 g/mol. The van der Waals surface area contributed by atoms with E-state index in [9.17, 15) is 4.79 Å². The van der Waals surface area contributed by atoms with E-state index in [1.54, 1.807) is 0 Å². The second-order valence-electron chi connectivity index (χ2n) is 5.24. The number of nitrogens with zero attached hydrogens (tertiary/aromatic N) is 1. The quantitative estimate of drug-likeness (QED) is 0.688. The maximum absolute atomic E-state index is 12.7. The average Bonchev–Trinajstić information content (AvgIpc) is 2.47. The van der Waals surface area contributed by atoms with Crippen molar-refractivity contribution in [1.29, 1.82) is 0 Å². The maximum atomic E-state index is 12.7. The van der Waals surface area contributed by atoms with E-state index in [0.29, 0.717) is 37.5 Å². The number of carbonyl (C=O) groups is 1. The summed E-state index contributed by atoms with van der Waals surface area (Å²) in [4.78, 5) is 14.9. The van der Waals surface area contributed by atoms with E-state index in [1.165, 1.54) is 0 Å². The Bertz CT molecular complexity index is 337. The van der Waals surface area contributed by atoms with Crippen molar-refractivity contribution in [1.82, 2.24) is 4.90 Å². The van der Waals surface area contributed by atoms with E-state index in [2.05, 4.69) is 0 Å². The maximum Gasteiger partial charge on any atom is 0.235 e. The number of aliphatic hydroxyl groups is 1. The first-order chi connectivity index (χ1) is 9.51. The highest BCUT2D eigenvalue weighted by atomic mass is 32.1. The number of rotatable bonds is 7. The van der Waals surface area contributed by atoms with Gasteiger partial charge >= 0.3 is 0 Å². The Balaban J connectivity index is 2.63. The predicted molar refractivity (Wildman–Crippen MR) is 82.4 cm³/mol. The number of hydrogen-bond acceptors (Lipinski definition) is 4. The van der Waals surface area contributed by atoms with Crippen molar-refractivity contribution < 1.29 is 14.6 Å². The fraction of sp³-hybridized carbons (Fsp3) is 0.857. The third kappa shape index (κ3) is 3.68. The van der Waals surface area contributed by atoms with Gasteiger partial charge in [0.05, 0.1) is 29.7 Å². The Morgan fingerprint density at radius 2 is 1.95 bits per heavy atom. The molecule has 0 aromatic carbocycles. The summed E-state index contributed by atoms with van der Waals surface area (Å²) in [6.45, 7) is 5.64.